The minimum Gasteiger partial charge on any atom is -0.459 e. The molecular weight excluding hydrogens is 425 g/mol. The molecule has 1 saturated heterocycles. The molecule has 1 fully saturated rings. The minimum atomic E-state index is -0.475. The highest BCUT2D eigenvalue weighted by Gasteiger charge is 2.16. The van der Waals surface area contributed by atoms with E-state index in [0.29, 0.717) is 18.5 Å². The Morgan fingerprint density at radius 2 is 2.08 bits per heavy atom. The number of nitrogens with one attached hydrogen (secondary N) is 2. The largest absolute Gasteiger partial charge is 0.459 e. The normalized spacial score (nSPS) is 18.0. The molecule has 0 amide bonds. The lowest BCUT2D eigenvalue weighted by Gasteiger charge is -2.20. The van der Waals surface area contributed by atoms with Crippen molar-refractivity contribution in [3.63, 3.8) is 0 Å². The monoisotopic (exact) mass is 457 g/mol. The zero-order valence-corrected chi connectivity index (χ0v) is 17.6. The third-order valence-electron chi connectivity index (χ3n) is 3.18. The number of halogens is 1. The summed E-state index contributed by atoms with van der Waals surface area (Å²) in [5.74, 6) is 0.828. The Balaban J connectivity index is 0.00000529. The summed E-state index contributed by atoms with van der Waals surface area (Å²) in [5, 5.41) is 6.08. The molecule has 0 saturated carbocycles. The van der Waals surface area contributed by atoms with Crippen molar-refractivity contribution in [3.8, 4) is 0 Å². The van der Waals surface area contributed by atoms with Crippen molar-refractivity contribution < 1.29 is 19.0 Å². The van der Waals surface area contributed by atoms with Gasteiger partial charge < -0.3 is 24.8 Å². The van der Waals surface area contributed by atoms with Crippen LogP contribution < -0.4 is 10.6 Å². The topological polar surface area (TPSA) is 81.2 Å². The molecular formula is C16H32IN3O4. The van der Waals surface area contributed by atoms with Crippen LogP contribution >= 0.6 is 24.0 Å². The van der Waals surface area contributed by atoms with Crippen LogP contribution in [0.4, 0.5) is 0 Å². The fourth-order valence-corrected chi connectivity index (χ4v) is 2.10. The summed E-state index contributed by atoms with van der Waals surface area (Å²) in [4.78, 5) is 15.7. The van der Waals surface area contributed by atoms with Gasteiger partial charge in [0, 0.05) is 32.7 Å². The second kappa shape index (κ2) is 12.7. The van der Waals surface area contributed by atoms with Crippen molar-refractivity contribution in [3.05, 3.63) is 0 Å². The van der Waals surface area contributed by atoms with E-state index in [1.807, 2.05) is 20.8 Å². The summed E-state index contributed by atoms with van der Waals surface area (Å²) in [7, 11) is 1.67. The Labute approximate surface area is 162 Å². The van der Waals surface area contributed by atoms with E-state index in [4.69, 9.17) is 14.2 Å². The number of nitrogens with zero attached hydrogens (tertiary/aromatic N) is 1. The SMILES string of the molecule is CN=C(NCCCOCC1CCOC1)NCC(=O)OC(C)(C)C.I. The number of carbonyl (C=O) groups is 1. The van der Waals surface area contributed by atoms with Crippen LogP contribution in [-0.2, 0) is 19.0 Å². The number of esters is 1. The Hall–Kier alpha value is -0.610. The van der Waals surface area contributed by atoms with Crippen LogP contribution in [0.15, 0.2) is 4.99 Å². The van der Waals surface area contributed by atoms with E-state index in [9.17, 15) is 4.79 Å². The minimum absolute atomic E-state index is 0. The molecule has 2 N–H and O–H groups in total. The predicted octanol–water partition coefficient (Wildman–Crippen LogP) is 1.55. The van der Waals surface area contributed by atoms with Crippen molar-refractivity contribution >= 4 is 35.9 Å². The maximum atomic E-state index is 11.6. The average molecular weight is 457 g/mol. The predicted molar refractivity (Wildman–Crippen MR) is 105 cm³/mol. The molecule has 7 nitrogen and oxygen atoms in total. The van der Waals surface area contributed by atoms with Crippen molar-refractivity contribution in [2.45, 2.75) is 39.2 Å². The highest BCUT2D eigenvalue weighted by molar-refractivity contribution is 14.0. The van der Waals surface area contributed by atoms with E-state index >= 15 is 0 Å². The van der Waals surface area contributed by atoms with E-state index < -0.39 is 5.60 Å². The van der Waals surface area contributed by atoms with E-state index in [0.717, 1.165) is 39.2 Å². The van der Waals surface area contributed by atoms with Gasteiger partial charge in [-0.05, 0) is 33.6 Å². The third kappa shape index (κ3) is 11.9. The summed E-state index contributed by atoms with van der Waals surface area (Å²) in [6, 6.07) is 0. The van der Waals surface area contributed by atoms with Crippen LogP contribution in [0.2, 0.25) is 0 Å². The first kappa shape index (κ1) is 23.4. The molecule has 24 heavy (non-hydrogen) atoms. The van der Waals surface area contributed by atoms with Gasteiger partial charge in [-0.1, -0.05) is 0 Å². The number of guanidine groups is 1. The van der Waals surface area contributed by atoms with Crippen LogP contribution in [0.3, 0.4) is 0 Å². The van der Waals surface area contributed by atoms with Crippen LogP contribution in [0.5, 0.6) is 0 Å². The van der Waals surface area contributed by atoms with E-state index in [-0.39, 0.29) is 36.5 Å². The van der Waals surface area contributed by atoms with Gasteiger partial charge in [0.1, 0.15) is 12.1 Å². The number of hydrogen-bond acceptors (Lipinski definition) is 5. The molecule has 1 aliphatic rings. The van der Waals surface area contributed by atoms with Crippen molar-refractivity contribution in [1.82, 2.24) is 10.6 Å². The smallest absolute Gasteiger partial charge is 0.325 e. The molecule has 1 aliphatic heterocycles. The summed E-state index contributed by atoms with van der Waals surface area (Å²) >= 11 is 0. The van der Waals surface area contributed by atoms with E-state index in [2.05, 4.69) is 15.6 Å². The molecule has 1 unspecified atom stereocenters. The maximum absolute atomic E-state index is 11.6. The van der Waals surface area contributed by atoms with Gasteiger partial charge in [0.25, 0.3) is 0 Å². The fraction of sp³-hybridized carbons (Fsp3) is 0.875. The van der Waals surface area contributed by atoms with E-state index in [1.54, 1.807) is 7.05 Å². The molecule has 0 aliphatic carbocycles. The Morgan fingerprint density at radius 1 is 1.33 bits per heavy atom. The lowest BCUT2D eigenvalue weighted by Crippen LogP contribution is -2.42. The molecule has 0 radical (unpaired) electrons. The first-order chi connectivity index (χ1) is 10.9. The maximum Gasteiger partial charge on any atom is 0.325 e. The molecule has 0 bridgehead atoms. The second-order valence-corrected chi connectivity index (χ2v) is 6.60. The third-order valence-corrected chi connectivity index (χ3v) is 3.18. The van der Waals surface area contributed by atoms with Crippen LogP contribution in [0, 0.1) is 5.92 Å². The standard InChI is InChI=1S/C16H31N3O4.HI/c1-16(2,3)23-14(20)10-19-15(17-4)18-7-5-8-21-11-13-6-9-22-12-13;/h13H,5-12H2,1-4H3,(H2,17,18,19);1H. The molecule has 0 aromatic heterocycles. The number of aliphatic imine (C=N–C) groups is 1. The zero-order valence-electron chi connectivity index (χ0n) is 15.2. The number of ether oxygens (including phenoxy) is 3. The molecule has 1 atom stereocenters. The van der Waals surface area contributed by atoms with Gasteiger partial charge in [-0.25, -0.2) is 0 Å². The second-order valence-electron chi connectivity index (χ2n) is 6.60. The Bertz CT molecular complexity index is 380. The fourth-order valence-electron chi connectivity index (χ4n) is 2.10. The zero-order chi connectivity index (χ0) is 17.1. The van der Waals surface area contributed by atoms with Crippen molar-refractivity contribution in [1.29, 1.82) is 0 Å². The van der Waals surface area contributed by atoms with Crippen LogP contribution in [-0.4, -0.2) is 64.1 Å². The average Bonchev–Trinajstić information content (AvgIpc) is 2.97. The number of rotatable bonds is 8. The molecule has 1 rings (SSSR count). The molecule has 0 aromatic rings. The Morgan fingerprint density at radius 3 is 2.67 bits per heavy atom. The summed E-state index contributed by atoms with van der Waals surface area (Å²) in [5.41, 5.74) is -0.475. The quantitative estimate of drug-likeness (QED) is 0.189. The van der Waals surface area contributed by atoms with Gasteiger partial charge in [0.05, 0.1) is 13.2 Å². The van der Waals surface area contributed by atoms with Crippen LogP contribution in [0.25, 0.3) is 0 Å². The lowest BCUT2D eigenvalue weighted by atomic mass is 10.1. The molecule has 142 valence electrons. The summed E-state index contributed by atoms with van der Waals surface area (Å²) < 4.78 is 16.2. The highest BCUT2D eigenvalue weighted by Crippen LogP contribution is 2.12. The summed E-state index contributed by atoms with van der Waals surface area (Å²) in [6.45, 7) is 9.50. The summed E-state index contributed by atoms with van der Waals surface area (Å²) in [6.07, 6.45) is 1.97. The van der Waals surface area contributed by atoms with Crippen LogP contribution in [0.1, 0.15) is 33.6 Å². The molecule has 0 aromatic carbocycles. The van der Waals surface area contributed by atoms with Gasteiger partial charge in [-0.15, -0.1) is 24.0 Å². The van der Waals surface area contributed by atoms with Crippen molar-refractivity contribution in [2.75, 3.05) is 46.6 Å². The molecule has 0 spiro atoms. The highest BCUT2D eigenvalue weighted by atomic mass is 127. The lowest BCUT2D eigenvalue weighted by molar-refractivity contribution is -0.153. The van der Waals surface area contributed by atoms with Gasteiger partial charge in [0.2, 0.25) is 0 Å². The first-order valence-electron chi connectivity index (χ1n) is 8.22. The van der Waals surface area contributed by atoms with Gasteiger partial charge in [-0.3, -0.25) is 9.79 Å². The van der Waals surface area contributed by atoms with E-state index in [1.165, 1.54) is 0 Å². The number of hydrogen-bond donors (Lipinski definition) is 2. The first-order valence-corrected chi connectivity index (χ1v) is 8.22. The van der Waals surface area contributed by atoms with Gasteiger partial charge in [0.15, 0.2) is 5.96 Å². The van der Waals surface area contributed by atoms with Gasteiger partial charge >= 0.3 is 5.97 Å². The van der Waals surface area contributed by atoms with Crippen molar-refractivity contribution in [2.24, 2.45) is 10.9 Å². The Kier molecular flexibility index (Phi) is 12.4. The molecule has 8 heteroatoms. The molecule has 1 heterocycles. The van der Waals surface area contributed by atoms with Gasteiger partial charge in [-0.2, -0.15) is 0 Å². The number of carbonyl (C=O) groups excluding carboxylic acids is 1.